The van der Waals surface area contributed by atoms with Crippen molar-refractivity contribution in [3.63, 3.8) is 0 Å². The Morgan fingerprint density at radius 3 is 2.18 bits per heavy atom. The SMILES string of the molecule is Cc1ccc(S(=O)(=O)N2CCN(c3ccc(C(=O)c4ccccc4)cc3[N+](=O)[O-])CC2)c(C)c1. The fraction of sp³-hybridized carbons (Fsp3) is 0.240. The smallest absolute Gasteiger partial charge is 0.293 e. The fourth-order valence-electron chi connectivity index (χ4n) is 4.23. The number of nitro groups is 1. The van der Waals surface area contributed by atoms with Crippen molar-refractivity contribution in [1.82, 2.24) is 4.31 Å². The van der Waals surface area contributed by atoms with E-state index in [1.165, 1.54) is 10.4 Å². The molecule has 1 aliphatic rings. The quantitative estimate of drug-likeness (QED) is 0.301. The van der Waals surface area contributed by atoms with Crippen LogP contribution in [0.15, 0.2) is 71.6 Å². The Labute approximate surface area is 198 Å². The van der Waals surface area contributed by atoms with E-state index in [0.717, 1.165) is 5.56 Å². The molecule has 0 saturated carbocycles. The van der Waals surface area contributed by atoms with Crippen molar-refractivity contribution in [2.75, 3.05) is 31.1 Å². The van der Waals surface area contributed by atoms with Crippen molar-refractivity contribution in [1.29, 1.82) is 0 Å². The van der Waals surface area contributed by atoms with Crippen LogP contribution in [0.5, 0.6) is 0 Å². The lowest BCUT2D eigenvalue weighted by Gasteiger charge is -2.35. The number of nitro benzene ring substituents is 1. The molecule has 0 radical (unpaired) electrons. The molecule has 1 saturated heterocycles. The Morgan fingerprint density at radius 1 is 0.882 bits per heavy atom. The number of nitrogens with zero attached hydrogens (tertiary/aromatic N) is 3. The first-order valence-electron chi connectivity index (χ1n) is 10.9. The van der Waals surface area contributed by atoms with Crippen LogP contribution in [0, 0.1) is 24.0 Å². The van der Waals surface area contributed by atoms with Crippen molar-refractivity contribution >= 4 is 27.2 Å². The van der Waals surface area contributed by atoms with Crippen LogP contribution in [-0.4, -0.2) is 49.6 Å². The maximum Gasteiger partial charge on any atom is 0.293 e. The number of hydrogen-bond donors (Lipinski definition) is 0. The Hall–Kier alpha value is -3.56. The molecule has 3 aromatic rings. The molecule has 1 heterocycles. The summed E-state index contributed by atoms with van der Waals surface area (Å²) in [6.45, 7) is 4.70. The molecule has 0 amide bonds. The standard InChI is InChI=1S/C25H25N3O5S/c1-18-8-11-24(19(2)16-18)34(32,33)27-14-12-26(13-15-27)22-10-9-21(17-23(22)28(30)31)25(29)20-6-4-3-5-7-20/h3-11,16-17H,12-15H2,1-2H3. The van der Waals surface area contributed by atoms with Gasteiger partial charge in [-0.15, -0.1) is 0 Å². The van der Waals surface area contributed by atoms with Gasteiger partial charge in [-0.3, -0.25) is 14.9 Å². The summed E-state index contributed by atoms with van der Waals surface area (Å²) in [6, 6.07) is 18.3. The van der Waals surface area contributed by atoms with Gasteiger partial charge >= 0.3 is 0 Å². The number of benzene rings is 3. The highest BCUT2D eigenvalue weighted by atomic mass is 32.2. The summed E-state index contributed by atoms with van der Waals surface area (Å²) in [6.07, 6.45) is 0. The number of piperazine rings is 1. The summed E-state index contributed by atoms with van der Waals surface area (Å²) < 4.78 is 27.7. The van der Waals surface area contributed by atoms with Crippen molar-refractivity contribution in [3.05, 3.63) is 99.1 Å². The van der Waals surface area contributed by atoms with Crippen LogP contribution in [0.25, 0.3) is 0 Å². The summed E-state index contributed by atoms with van der Waals surface area (Å²) >= 11 is 0. The second-order valence-electron chi connectivity index (χ2n) is 8.32. The number of ketones is 1. The minimum atomic E-state index is -3.66. The van der Waals surface area contributed by atoms with Crippen LogP contribution in [0.1, 0.15) is 27.0 Å². The predicted molar refractivity (Wildman–Crippen MR) is 130 cm³/mol. The fourth-order valence-corrected chi connectivity index (χ4v) is 5.86. The van der Waals surface area contributed by atoms with E-state index in [-0.39, 0.29) is 35.0 Å². The number of carbonyl (C=O) groups excluding carboxylic acids is 1. The van der Waals surface area contributed by atoms with E-state index in [2.05, 4.69) is 0 Å². The molecule has 0 unspecified atom stereocenters. The van der Waals surface area contributed by atoms with Crippen molar-refractivity contribution in [2.24, 2.45) is 0 Å². The third-order valence-corrected chi connectivity index (χ3v) is 8.06. The molecule has 176 valence electrons. The topological polar surface area (TPSA) is 101 Å². The van der Waals surface area contributed by atoms with Gasteiger partial charge in [-0.2, -0.15) is 4.31 Å². The lowest BCUT2D eigenvalue weighted by molar-refractivity contribution is -0.384. The maximum atomic E-state index is 13.2. The molecule has 0 aliphatic carbocycles. The highest BCUT2D eigenvalue weighted by Gasteiger charge is 2.32. The molecule has 34 heavy (non-hydrogen) atoms. The van der Waals surface area contributed by atoms with E-state index in [0.29, 0.717) is 29.9 Å². The zero-order valence-corrected chi connectivity index (χ0v) is 19.8. The van der Waals surface area contributed by atoms with Crippen LogP contribution in [-0.2, 0) is 10.0 Å². The minimum Gasteiger partial charge on any atom is -0.363 e. The molecule has 8 nitrogen and oxygen atoms in total. The molecule has 0 atom stereocenters. The van der Waals surface area contributed by atoms with Crippen LogP contribution in [0.3, 0.4) is 0 Å². The van der Waals surface area contributed by atoms with Crippen molar-refractivity contribution < 1.29 is 18.1 Å². The summed E-state index contributed by atoms with van der Waals surface area (Å²) in [7, 11) is -3.66. The van der Waals surface area contributed by atoms with Gasteiger partial charge in [-0.25, -0.2) is 8.42 Å². The lowest BCUT2D eigenvalue weighted by atomic mass is 10.0. The van der Waals surface area contributed by atoms with E-state index in [1.807, 2.05) is 13.0 Å². The van der Waals surface area contributed by atoms with Gasteiger partial charge in [-0.1, -0.05) is 48.0 Å². The van der Waals surface area contributed by atoms with Gasteiger partial charge in [0.2, 0.25) is 10.0 Å². The van der Waals surface area contributed by atoms with Gasteiger partial charge in [0.1, 0.15) is 5.69 Å². The Balaban J connectivity index is 1.55. The maximum absolute atomic E-state index is 13.2. The van der Waals surface area contributed by atoms with Crippen LogP contribution < -0.4 is 4.90 Å². The summed E-state index contributed by atoms with van der Waals surface area (Å²) in [5.74, 6) is -0.292. The van der Waals surface area contributed by atoms with Gasteiger partial charge in [0.05, 0.1) is 9.82 Å². The molecule has 1 aliphatic heterocycles. The van der Waals surface area contributed by atoms with Gasteiger partial charge in [0, 0.05) is 43.4 Å². The number of aryl methyl sites for hydroxylation is 2. The first-order chi connectivity index (χ1) is 16.2. The Kier molecular flexibility index (Phi) is 6.49. The number of rotatable bonds is 6. The molecule has 3 aromatic carbocycles. The lowest BCUT2D eigenvalue weighted by Crippen LogP contribution is -2.48. The van der Waals surface area contributed by atoms with E-state index in [4.69, 9.17) is 0 Å². The van der Waals surface area contributed by atoms with Crippen molar-refractivity contribution in [3.8, 4) is 0 Å². The normalized spacial score (nSPS) is 14.7. The van der Waals surface area contributed by atoms with Crippen LogP contribution >= 0.6 is 0 Å². The summed E-state index contributed by atoms with van der Waals surface area (Å²) in [4.78, 5) is 26.1. The third-order valence-electron chi connectivity index (χ3n) is 6.00. The average molecular weight is 480 g/mol. The average Bonchev–Trinajstić information content (AvgIpc) is 2.83. The summed E-state index contributed by atoms with van der Waals surface area (Å²) in [5, 5.41) is 11.8. The number of hydrogen-bond acceptors (Lipinski definition) is 6. The Morgan fingerprint density at radius 2 is 1.56 bits per heavy atom. The minimum absolute atomic E-state index is 0.174. The zero-order chi connectivity index (χ0) is 24.5. The first kappa shape index (κ1) is 23.6. The molecule has 0 bridgehead atoms. The second-order valence-corrected chi connectivity index (χ2v) is 10.2. The summed E-state index contributed by atoms with van der Waals surface area (Å²) in [5.41, 5.74) is 2.57. The van der Waals surface area contributed by atoms with Crippen LogP contribution in [0.4, 0.5) is 11.4 Å². The molecular formula is C25H25N3O5S. The predicted octanol–water partition coefficient (Wildman–Crippen LogP) is 3.95. The monoisotopic (exact) mass is 479 g/mol. The van der Waals surface area contributed by atoms with Crippen LogP contribution in [0.2, 0.25) is 0 Å². The molecule has 0 aromatic heterocycles. The van der Waals surface area contributed by atoms with Gasteiger partial charge in [0.15, 0.2) is 5.78 Å². The molecule has 0 spiro atoms. The molecule has 1 fully saturated rings. The second kappa shape index (κ2) is 9.36. The molecular weight excluding hydrogens is 454 g/mol. The van der Waals surface area contributed by atoms with Gasteiger partial charge in [-0.05, 0) is 37.6 Å². The Bertz CT molecular complexity index is 1350. The first-order valence-corrected chi connectivity index (χ1v) is 12.3. The van der Waals surface area contributed by atoms with E-state index in [1.54, 1.807) is 66.4 Å². The molecule has 4 rings (SSSR count). The number of anilines is 1. The van der Waals surface area contributed by atoms with Crippen molar-refractivity contribution in [2.45, 2.75) is 18.7 Å². The van der Waals surface area contributed by atoms with E-state index < -0.39 is 14.9 Å². The van der Waals surface area contributed by atoms with Gasteiger partial charge in [0.25, 0.3) is 5.69 Å². The van der Waals surface area contributed by atoms with E-state index >= 15 is 0 Å². The van der Waals surface area contributed by atoms with Gasteiger partial charge < -0.3 is 4.90 Å². The highest BCUT2D eigenvalue weighted by Crippen LogP contribution is 2.32. The molecule has 0 N–H and O–H groups in total. The highest BCUT2D eigenvalue weighted by molar-refractivity contribution is 7.89. The number of carbonyl (C=O) groups is 1. The van der Waals surface area contributed by atoms with E-state index in [9.17, 15) is 23.3 Å². The third kappa shape index (κ3) is 4.57. The largest absolute Gasteiger partial charge is 0.363 e. The molecule has 9 heteroatoms. The zero-order valence-electron chi connectivity index (χ0n) is 19.0. The number of sulfonamides is 1.